The van der Waals surface area contributed by atoms with Crippen molar-refractivity contribution in [1.29, 1.82) is 0 Å². The molecule has 0 atom stereocenters. The molecule has 1 saturated heterocycles. The van der Waals surface area contributed by atoms with E-state index in [4.69, 9.17) is 0 Å². The normalized spacial score (nSPS) is 17.2. The fourth-order valence-electron chi connectivity index (χ4n) is 3.50. The van der Waals surface area contributed by atoms with Gasteiger partial charge in [0.1, 0.15) is 5.82 Å². The number of carbonyl (C=O) groups is 1. The zero-order chi connectivity index (χ0) is 21.0. The van der Waals surface area contributed by atoms with Crippen molar-refractivity contribution in [3.63, 3.8) is 0 Å². The van der Waals surface area contributed by atoms with E-state index in [-0.39, 0.29) is 25.5 Å². The number of halogens is 1. The van der Waals surface area contributed by atoms with Crippen LogP contribution in [0.25, 0.3) is 0 Å². The van der Waals surface area contributed by atoms with E-state index in [0.717, 1.165) is 27.5 Å². The van der Waals surface area contributed by atoms with Gasteiger partial charge in [-0.25, -0.2) is 4.39 Å². The third-order valence-electron chi connectivity index (χ3n) is 5.10. The zero-order valence-corrected chi connectivity index (χ0v) is 17.5. The first kappa shape index (κ1) is 21.4. The summed E-state index contributed by atoms with van der Waals surface area (Å²) in [5.74, 6) is -0.825. The maximum atomic E-state index is 14.0. The molecule has 0 spiro atoms. The van der Waals surface area contributed by atoms with Gasteiger partial charge in [-0.15, -0.1) is 0 Å². The van der Waals surface area contributed by atoms with E-state index in [1.54, 1.807) is 18.2 Å². The van der Waals surface area contributed by atoms with E-state index in [2.05, 4.69) is 5.32 Å². The van der Waals surface area contributed by atoms with E-state index in [0.29, 0.717) is 18.5 Å². The van der Waals surface area contributed by atoms with Crippen molar-refractivity contribution in [2.24, 2.45) is 0 Å². The highest BCUT2D eigenvalue weighted by Gasteiger charge is 2.35. The second-order valence-corrected chi connectivity index (χ2v) is 9.06. The highest BCUT2D eigenvalue weighted by atomic mass is 32.2. The fraction of sp³-hybridized carbons (Fsp3) is 0.381. The van der Waals surface area contributed by atoms with Gasteiger partial charge in [-0.05, 0) is 37.0 Å². The Labute approximate surface area is 171 Å². The lowest BCUT2D eigenvalue weighted by atomic mass is 10.1. The van der Waals surface area contributed by atoms with Crippen molar-refractivity contribution >= 4 is 21.8 Å². The lowest BCUT2D eigenvalue weighted by Gasteiger charge is -2.34. The summed E-state index contributed by atoms with van der Waals surface area (Å²) in [4.78, 5) is 12.6. The monoisotopic (exact) mass is 419 g/mol. The predicted octanol–water partition coefficient (Wildman–Crippen LogP) is 3.09. The van der Waals surface area contributed by atoms with E-state index in [1.807, 2.05) is 32.0 Å². The third kappa shape index (κ3) is 4.83. The quantitative estimate of drug-likeness (QED) is 0.782. The summed E-state index contributed by atoms with van der Waals surface area (Å²) >= 11 is 0. The molecule has 29 heavy (non-hydrogen) atoms. The topological polar surface area (TPSA) is 69.7 Å². The van der Waals surface area contributed by atoms with Crippen LogP contribution >= 0.6 is 0 Å². The van der Waals surface area contributed by atoms with E-state index in [9.17, 15) is 17.6 Å². The Hall–Kier alpha value is -2.29. The van der Waals surface area contributed by atoms with Crippen LogP contribution in [0.2, 0.25) is 0 Å². The van der Waals surface area contributed by atoms with Crippen LogP contribution in [0.3, 0.4) is 0 Å². The van der Waals surface area contributed by atoms with Gasteiger partial charge in [0, 0.05) is 30.9 Å². The molecule has 2 aromatic carbocycles. The van der Waals surface area contributed by atoms with Crippen molar-refractivity contribution in [2.75, 3.05) is 25.0 Å². The minimum atomic E-state index is -3.85. The fourth-order valence-corrected chi connectivity index (χ4v) is 5.13. The van der Waals surface area contributed by atoms with Crippen molar-refractivity contribution < 1.29 is 17.6 Å². The van der Waals surface area contributed by atoms with Gasteiger partial charge in [-0.1, -0.05) is 43.3 Å². The van der Waals surface area contributed by atoms with Crippen LogP contribution in [0.1, 0.15) is 30.0 Å². The summed E-state index contributed by atoms with van der Waals surface area (Å²) in [6, 6.07) is 11.9. The minimum absolute atomic E-state index is 0.0507. The highest BCUT2D eigenvalue weighted by Crippen LogP contribution is 2.23. The molecule has 2 aromatic rings. The molecule has 6 nitrogen and oxygen atoms in total. The number of amides is 1. The maximum absolute atomic E-state index is 14.0. The molecule has 1 aliphatic heterocycles. The summed E-state index contributed by atoms with van der Waals surface area (Å²) in [6.45, 7) is 4.14. The first-order valence-corrected chi connectivity index (χ1v) is 11.1. The van der Waals surface area contributed by atoms with Gasteiger partial charge in [0.15, 0.2) is 0 Å². The van der Waals surface area contributed by atoms with Crippen LogP contribution < -0.4 is 5.32 Å². The molecule has 1 amide bonds. The standard InChI is InChI=1S/C21H26FN3O3S/c1-3-17-10-6-8-16(2)21(17)23-20(26)15-25-13-7-12-24(29(25,27)28)14-18-9-4-5-11-19(18)22/h4-6,8-11H,3,7,12-15H2,1-2H3,(H,23,26). The number of nitrogens with zero attached hydrogens (tertiary/aromatic N) is 2. The molecule has 0 aromatic heterocycles. The number of rotatable bonds is 6. The minimum Gasteiger partial charge on any atom is -0.324 e. The van der Waals surface area contributed by atoms with E-state index < -0.39 is 16.0 Å². The first-order valence-electron chi connectivity index (χ1n) is 9.70. The summed E-state index contributed by atoms with van der Waals surface area (Å²) in [6.07, 6.45) is 1.33. The highest BCUT2D eigenvalue weighted by molar-refractivity contribution is 7.86. The number of carbonyl (C=O) groups excluding carboxylic acids is 1. The lowest BCUT2D eigenvalue weighted by Crippen LogP contribution is -2.51. The molecule has 0 radical (unpaired) electrons. The third-order valence-corrected chi connectivity index (χ3v) is 7.03. The number of benzene rings is 2. The SMILES string of the molecule is CCc1cccc(C)c1NC(=O)CN1CCCN(Cc2ccccc2F)S1(=O)=O. The molecule has 0 unspecified atom stereocenters. The maximum Gasteiger partial charge on any atom is 0.282 e. The smallest absolute Gasteiger partial charge is 0.282 e. The zero-order valence-electron chi connectivity index (χ0n) is 16.7. The molecule has 1 heterocycles. The molecule has 156 valence electrons. The molecule has 0 saturated carbocycles. The average molecular weight is 420 g/mol. The van der Waals surface area contributed by atoms with Gasteiger partial charge in [0.05, 0.1) is 6.54 Å². The van der Waals surface area contributed by atoms with E-state index >= 15 is 0 Å². The first-order chi connectivity index (χ1) is 13.8. The Bertz CT molecular complexity index is 994. The molecule has 1 N–H and O–H groups in total. The molecule has 0 aliphatic carbocycles. The van der Waals surface area contributed by atoms with Gasteiger partial charge in [-0.3, -0.25) is 4.79 Å². The van der Waals surface area contributed by atoms with Crippen LogP contribution in [0.4, 0.5) is 10.1 Å². The Morgan fingerprint density at radius 2 is 1.76 bits per heavy atom. The van der Waals surface area contributed by atoms with Crippen molar-refractivity contribution in [1.82, 2.24) is 8.61 Å². The van der Waals surface area contributed by atoms with Crippen LogP contribution in [0, 0.1) is 12.7 Å². The number of hydrogen-bond acceptors (Lipinski definition) is 3. The molecule has 8 heteroatoms. The predicted molar refractivity (Wildman–Crippen MR) is 111 cm³/mol. The van der Waals surface area contributed by atoms with Crippen LogP contribution in [-0.4, -0.2) is 42.6 Å². The molecular formula is C21H26FN3O3S. The summed E-state index contributed by atoms with van der Waals surface area (Å²) < 4.78 is 42.3. The average Bonchev–Trinajstić information content (AvgIpc) is 2.68. The summed E-state index contributed by atoms with van der Waals surface area (Å²) in [5, 5.41) is 2.86. The molecular weight excluding hydrogens is 393 g/mol. The Morgan fingerprint density at radius 1 is 1.07 bits per heavy atom. The van der Waals surface area contributed by atoms with Crippen molar-refractivity contribution in [3.8, 4) is 0 Å². The Morgan fingerprint density at radius 3 is 2.48 bits per heavy atom. The summed E-state index contributed by atoms with van der Waals surface area (Å²) in [7, 11) is -3.85. The van der Waals surface area contributed by atoms with Gasteiger partial charge in [0.2, 0.25) is 5.91 Å². The van der Waals surface area contributed by atoms with Crippen LogP contribution in [0.5, 0.6) is 0 Å². The molecule has 0 bridgehead atoms. The van der Waals surface area contributed by atoms with Gasteiger partial charge in [-0.2, -0.15) is 17.0 Å². The molecule has 1 fully saturated rings. The number of nitrogens with one attached hydrogen (secondary N) is 1. The number of para-hydroxylation sites is 1. The second-order valence-electron chi connectivity index (χ2n) is 7.13. The second kappa shape index (κ2) is 9.02. The molecule has 3 rings (SSSR count). The number of hydrogen-bond donors (Lipinski definition) is 1. The lowest BCUT2D eigenvalue weighted by molar-refractivity contribution is -0.116. The number of anilines is 1. The largest absolute Gasteiger partial charge is 0.324 e. The van der Waals surface area contributed by atoms with Gasteiger partial charge >= 0.3 is 0 Å². The van der Waals surface area contributed by atoms with Crippen LogP contribution in [0.15, 0.2) is 42.5 Å². The molecule has 1 aliphatic rings. The Balaban J connectivity index is 1.72. The van der Waals surface area contributed by atoms with Crippen molar-refractivity contribution in [3.05, 3.63) is 65.0 Å². The van der Waals surface area contributed by atoms with Crippen molar-refractivity contribution in [2.45, 2.75) is 33.2 Å². The van der Waals surface area contributed by atoms with E-state index in [1.165, 1.54) is 10.4 Å². The Kier molecular flexibility index (Phi) is 6.66. The number of aryl methyl sites for hydroxylation is 2. The van der Waals surface area contributed by atoms with Gasteiger partial charge in [0.25, 0.3) is 10.2 Å². The van der Waals surface area contributed by atoms with Gasteiger partial charge < -0.3 is 5.32 Å². The summed E-state index contributed by atoms with van der Waals surface area (Å²) in [5.41, 5.74) is 2.98. The van der Waals surface area contributed by atoms with Crippen LogP contribution in [-0.2, 0) is 28.0 Å².